The summed E-state index contributed by atoms with van der Waals surface area (Å²) in [5, 5.41) is 3.76. The summed E-state index contributed by atoms with van der Waals surface area (Å²) < 4.78 is 0. The van der Waals surface area contributed by atoms with E-state index in [-0.39, 0.29) is 11.6 Å². The van der Waals surface area contributed by atoms with Crippen molar-refractivity contribution in [3.63, 3.8) is 0 Å². The lowest BCUT2D eigenvalue weighted by Crippen LogP contribution is -2.62. The number of carbonyl (C=O) groups is 1. The molecule has 2 heteroatoms. The Bertz CT molecular complexity index is 408. The molecule has 120 valence electrons. The van der Waals surface area contributed by atoms with Crippen LogP contribution in [-0.2, 0) is 4.79 Å². The third-order valence-corrected chi connectivity index (χ3v) is 7.46. The van der Waals surface area contributed by atoms with E-state index < -0.39 is 0 Å². The third-order valence-electron chi connectivity index (χ3n) is 7.46. The summed E-state index contributed by atoms with van der Waals surface area (Å²) in [6.07, 6.45) is 9.61. The fourth-order valence-electron chi connectivity index (χ4n) is 5.17. The monoisotopic (exact) mass is 291 g/mol. The molecule has 2 bridgehead atoms. The van der Waals surface area contributed by atoms with Gasteiger partial charge in [0.05, 0.1) is 6.04 Å². The summed E-state index contributed by atoms with van der Waals surface area (Å²) in [5.74, 6) is 2.77. The van der Waals surface area contributed by atoms with Crippen LogP contribution in [0.5, 0.6) is 0 Å². The molecule has 0 amide bonds. The van der Waals surface area contributed by atoms with Crippen LogP contribution in [0.2, 0.25) is 0 Å². The van der Waals surface area contributed by atoms with Gasteiger partial charge in [0.25, 0.3) is 0 Å². The zero-order valence-corrected chi connectivity index (χ0v) is 14.4. The number of fused-ring (bicyclic) bond motifs is 2. The van der Waals surface area contributed by atoms with Crippen LogP contribution in [0.15, 0.2) is 0 Å². The van der Waals surface area contributed by atoms with Crippen molar-refractivity contribution in [3.8, 4) is 0 Å². The smallest absolute Gasteiger partial charge is 0.150 e. The molecule has 3 fully saturated rings. The lowest BCUT2D eigenvalue weighted by atomic mass is 9.65. The maximum absolute atomic E-state index is 12.8. The van der Waals surface area contributed by atoms with Crippen LogP contribution in [0.4, 0.5) is 0 Å². The molecular weight excluding hydrogens is 258 g/mol. The molecule has 3 aliphatic rings. The molecule has 1 N–H and O–H groups in total. The molecule has 1 saturated heterocycles. The molecule has 2 unspecified atom stereocenters. The topological polar surface area (TPSA) is 29.1 Å². The van der Waals surface area contributed by atoms with Gasteiger partial charge in [-0.15, -0.1) is 0 Å². The second kappa shape index (κ2) is 5.37. The molecule has 0 aromatic heterocycles. The van der Waals surface area contributed by atoms with E-state index in [1.165, 1.54) is 38.5 Å². The van der Waals surface area contributed by atoms with Gasteiger partial charge >= 0.3 is 0 Å². The van der Waals surface area contributed by atoms with Crippen LogP contribution >= 0.6 is 0 Å². The number of rotatable bonds is 3. The molecule has 1 aliphatic heterocycles. The van der Waals surface area contributed by atoms with E-state index in [4.69, 9.17) is 0 Å². The molecule has 1 heterocycles. The maximum atomic E-state index is 12.8. The Hall–Kier alpha value is -0.370. The maximum Gasteiger partial charge on any atom is 0.150 e. The zero-order chi connectivity index (χ0) is 15.3. The average Bonchev–Trinajstić information content (AvgIpc) is 2.58. The minimum Gasteiger partial charge on any atom is -0.302 e. The highest BCUT2D eigenvalue weighted by molar-refractivity contribution is 5.84. The zero-order valence-electron chi connectivity index (χ0n) is 14.4. The fourth-order valence-corrected chi connectivity index (χ4v) is 5.17. The first-order valence-electron chi connectivity index (χ1n) is 9.12. The summed E-state index contributed by atoms with van der Waals surface area (Å²) in [6, 6.07) is 0.134. The fraction of sp³-hybridized carbons (Fsp3) is 0.947. The standard InChI is InChI=1S/C19H33NO/c1-13-5-7-14(8-6-13)11-17(21)16-12-15-9-10-19(4,20-16)18(15,2)3/h13-16,20H,5-12H2,1-4H3/t13?,14?,15?,16?,19-/m0/s1. The second-order valence-electron chi connectivity index (χ2n) is 9.02. The molecule has 3 rings (SSSR count). The molecule has 2 nitrogen and oxygen atoms in total. The van der Waals surface area contributed by atoms with Gasteiger partial charge in [-0.2, -0.15) is 0 Å². The number of carbonyl (C=O) groups excluding carboxylic acids is 1. The Balaban J connectivity index is 1.60. The first-order valence-corrected chi connectivity index (χ1v) is 9.12. The van der Waals surface area contributed by atoms with Gasteiger partial charge in [0.1, 0.15) is 5.78 Å². The van der Waals surface area contributed by atoms with Crippen LogP contribution in [0, 0.1) is 23.2 Å². The van der Waals surface area contributed by atoms with Crippen LogP contribution in [0.1, 0.15) is 79.1 Å². The summed E-state index contributed by atoms with van der Waals surface area (Å²) in [7, 11) is 0. The SMILES string of the molecule is CC1CCC(CC(=O)C2CC3CC[C@](C)(N2)C3(C)C)CC1. The van der Waals surface area contributed by atoms with Crippen molar-refractivity contribution < 1.29 is 4.79 Å². The third kappa shape index (κ3) is 2.69. The summed E-state index contributed by atoms with van der Waals surface area (Å²) >= 11 is 0. The van der Waals surface area contributed by atoms with Crippen molar-refractivity contribution in [2.75, 3.05) is 0 Å². The number of Topliss-reactive ketones (excluding diaryl/α,β-unsaturated/α-hetero) is 1. The van der Waals surface area contributed by atoms with Crippen molar-refractivity contribution in [2.24, 2.45) is 23.2 Å². The average molecular weight is 291 g/mol. The minimum atomic E-state index is 0.134. The minimum absolute atomic E-state index is 0.134. The largest absolute Gasteiger partial charge is 0.302 e. The van der Waals surface area contributed by atoms with Crippen LogP contribution in [0.3, 0.4) is 0 Å². The van der Waals surface area contributed by atoms with Crippen molar-refractivity contribution in [3.05, 3.63) is 0 Å². The summed E-state index contributed by atoms with van der Waals surface area (Å²) in [6.45, 7) is 9.47. The lowest BCUT2D eigenvalue weighted by Gasteiger charge is -2.49. The number of hydrogen-bond acceptors (Lipinski definition) is 2. The highest BCUT2D eigenvalue weighted by Gasteiger charge is 2.56. The number of nitrogens with one attached hydrogen (secondary N) is 1. The van der Waals surface area contributed by atoms with Gasteiger partial charge in [-0.25, -0.2) is 0 Å². The lowest BCUT2D eigenvalue weighted by molar-refractivity contribution is -0.125. The highest BCUT2D eigenvalue weighted by atomic mass is 16.1. The Kier molecular flexibility index (Phi) is 3.97. The predicted octanol–water partition coefficient (Wildman–Crippen LogP) is 4.33. The quantitative estimate of drug-likeness (QED) is 0.838. The van der Waals surface area contributed by atoms with Gasteiger partial charge in [0.15, 0.2) is 0 Å². The first kappa shape index (κ1) is 15.5. The highest BCUT2D eigenvalue weighted by Crippen LogP contribution is 2.55. The van der Waals surface area contributed by atoms with E-state index in [0.717, 1.165) is 24.7 Å². The van der Waals surface area contributed by atoms with Crippen LogP contribution in [-0.4, -0.2) is 17.4 Å². The van der Waals surface area contributed by atoms with E-state index in [1.807, 2.05) is 0 Å². The molecule has 0 radical (unpaired) electrons. The molecule has 21 heavy (non-hydrogen) atoms. The van der Waals surface area contributed by atoms with Crippen molar-refractivity contribution in [1.82, 2.24) is 5.32 Å². The number of hydrogen-bond donors (Lipinski definition) is 1. The van der Waals surface area contributed by atoms with Crippen LogP contribution < -0.4 is 5.32 Å². The predicted molar refractivity (Wildman–Crippen MR) is 87.2 cm³/mol. The second-order valence-corrected chi connectivity index (χ2v) is 9.02. The van der Waals surface area contributed by atoms with E-state index in [0.29, 0.717) is 17.1 Å². The summed E-state index contributed by atoms with van der Waals surface area (Å²) in [5.41, 5.74) is 0.501. The first-order chi connectivity index (χ1) is 9.82. The van der Waals surface area contributed by atoms with Crippen LogP contribution in [0.25, 0.3) is 0 Å². The number of ketones is 1. The van der Waals surface area contributed by atoms with E-state index >= 15 is 0 Å². The molecule has 0 aromatic carbocycles. The molecule has 3 atom stereocenters. The van der Waals surface area contributed by atoms with Gasteiger partial charge in [-0.05, 0) is 62.2 Å². The van der Waals surface area contributed by atoms with Gasteiger partial charge in [-0.1, -0.05) is 33.6 Å². The van der Waals surface area contributed by atoms with Gasteiger partial charge in [-0.3, -0.25) is 4.79 Å². The Labute approximate surface area is 130 Å². The van der Waals surface area contributed by atoms with Gasteiger partial charge < -0.3 is 5.32 Å². The number of piperidine rings is 1. The van der Waals surface area contributed by atoms with Gasteiger partial charge in [0.2, 0.25) is 0 Å². The Morgan fingerprint density at radius 2 is 1.76 bits per heavy atom. The summed E-state index contributed by atoms with van der Waals surface area (Å²) in [4.78, 5) is 12.8. The molecule has 2 saturated carbocycles. The Morgan fingerprint density at radius 3 is 2.38 bits per heavy atom. The molecule has 0 aromatic rings. The van der Waals surface area contributed by atoms with E-state index in [1.54, 1.807) is 0 Å². The molecular formula is C19H33NO. The van der Waals surface area contributed by atoms with E-state index in [9.17, 15) is 4.79 Å². The molecule has 0 spiro atoms. The van der Waals surface area contributed by atoms with Crippen molar-refractivity contribution in [1.29, 1.82) is 0 Å². The van der Waals surface area contributed by atoms with Crippen molar-refractivity contribution in [2.45, 2.75) is 90.6 Å². The normalized spacial score (nSPS) is 45.5. The van der Waals surface area contributed by atoms with E-state index in [2.05, 4.69) is 33.0 Å². The molecule has 2 aliphatic carbocycles. The Morgan fingerprint density at radius 1 is 1.10 bits per heavy atom. The van der Waals surface area contributed by atoms with Crippen molar-refractivity contribution >= 4 is 5.78 Å². The van der Waals surface area contributed by atoms with Gasteiger partial charge in [0, 0.05) is 12.0 Å².